The van der Waals surface area contributed by atoms with E-state index in [-0.39, 0.29) is 18.4 Å². The lowest BCUT2D eigenvalue weighted by molar-refractivity contribution is -0.145. The van der Waals surface area contributed by atoms with Gasteiger partial charge >= 0.3 is 0 Å². The van der Waals surface area contributed by atoms with Gasteiger partial charge in [0.2, 0.25) is 11.8 Å². The van der Waals surface area contributed by atoms with Gasteiger partial charge in [-0.3, -0.25) is 9.59 Å². The summed E-state index contributed by atoms with van der Waals surface area (Å²) in [5.41, 5.74) is 0. The molecule has 1 fully saturated rings. The Morgan fingerprint density at radius 1 is 1.56 bits per heavy atom. The van der Waals surface area contributed by atoms with Gasteiger partial charge in [-0.05, 0) is 6.92 Å². The molecular weight excluding hydrogens is 208 g/mol. The summed E-state index contributed by atoms with van der Waals surface area (Å²) in [6.45, 7) is 2.17. The van der Waals surface area contributed by atoms with Crippen LogP contribution >= 0.6 is 0 Å². The normalized spacial score (nSPS) is 21.1. The predicted molar refractivity (Wildman–Crippen MR) is 56.2 cm³/mol. The third-order valence-electron chi connectivity index (χ3n) is 2.81. The third-order valence-corrected chi connectivity index (χ3v) is 2.81. The minimum atomic E-state index is -0.432. The van der Waals surface area contributed by atoms with E-state index < -0.39 is 6.04 Å². The molecule has 2 rings (SSSR count). The van der Waals surface area contributed by atoms with Crippen LogP contribution in [0.1, 0.15) is 12.7 Å². The average Bonchev–Trinajstić information content (AvgIpc) is 2.65. The molecule has 1 unspecified atom stereocenters. The number of carbonyl (C=O) groups is 2. The first-order chi connectivity index (χ1) is 7.59. The lowest BCUT2D eigenvalue weighted by Crippen LogP contribution is -2.56. The van der Waals surface area contributed by atoms with Crippen LogP contribution < -0.4 is 5.32 Å². The molecule has 6 heteroatoms. The molecule has 1 N–H and O–H groups in total. The minimum absolute atomic E-state index is 0.0740. The summed E-state index contributed by atoms with van der Waals surface area (Å²) in [5, 5.41) is 2.55. The predicted octanol–water partition coefficient (Wildman–Crippen LogP) is -0.733. The van der Waals surface area contributed by atoms with Crippen molar-refractivity contribution in [3.8, 4) is 0 Å². The van der Waals surface area contributed by atoms with Crippen molar-refractivity contribution >= 4 is 11.8 Å². The fourth-order valence-electron chi connectivity index (χ4n) is 1.70. The summed E-state index contributed by atoms with van der Waals surface area (Å²) in [5.74, 6) is 0.582. The van der Waals surface area contributed by atoms with Crippen molar-refractivity contribution in [1.82, 2.24) is 19.8 Å². The van der Waals surface area contributed by atoms with Gasteiger partial charge in [-0.2, -0.15) is 0 Å². The Balaban J connectivity index is 2.16. The van der Waals surface area contributed by atoms with Crippen molar-refractivity contribution in [3.05, 3.63) is 18.2 Å². The largest absolute Gasteiger partial charge is 0.345 e. The fourth-order valence-corrected chi connectivity index (χ4v) is 1.70. The van der Waals surface area contributed by atoms with Crippen LogP contribution in [0.15, 0.2) is 12.4 Å². The molecule has 1 aliphatic rings. The summed E-state index contributed by atoms with van der Waals surface area (Å²) in [4.78, 5) is 28.8. The van der Waals surface area contributed by atoms with E-state index in [0.717, 1.165) is 5.82 Å². The van der Waals surface area contributed by atoms with E-state index in [0.29, 0.717) is 6.54 Å². The van der Waals surface area contributed by atoms with E-state index in [2.05, 4.69) is 10.3 Å². The summed E-state index contributed by atoms with van der Waals surface area (Å²) in [6.07, 6.45) is 3.49. The van der Waals surface area contributed by atoms with E-state index in [9.17, 15) is 9.59 Å². The van der Waals surface area contributed by atoms with Crippen LogP contribution in [0.3, 0.4) is 0 Å². The molecule has 0 aliphatic carbocycles. The number of hydrogen-bond acceptors (Lipinski definition) is 3. The number of nitrogens with zero attached hydrogens (tertiary/aromatic N) is 3. The Kier molecular flexibility index (Phi) is 2.64. The minimum Gasteiger partial charge on any atom is -0.345 e. The molecule has 0 bridgehead atoms. The SMILES string of the molecule is CC1C(=O)NCC(=O)N1Cc1nccn1C. The molecule has 1 atom stereocenters. The lowest BCUT2D eigenvalue weighted by atomic mass is 10.2. The molecule has 0 aromatic carbocycles. The summed E-state index contributed by atoms with van der Waals surface area (Å²) >= 11 is 0. The van der Waals surface area contributed by atoms with E-state index in [1.165, 1.54) is 0 Å². The number of hydrogen-bond donors (Lipinski definition) is 1. The van der Waals surface area contributed by atoms with Crippen molar-refractivity contribution in [3.63, 3.8) is 0 Å². The molecule has 1 aromatic heterocycles. The van der Waals surface area contributed by atoms with Crippen LogP contribution in [0.2, 0.25) is 0 Å². The first kappa shape index (κ1) is 10.7. The van der Waals surface area contributed by atoms with Crippen molar-refractivity contribution < 1.29 is 9.59 Å². The highest BCUT2D eigenvalue weighted by Crippen LogP contribution is 2.09. The Bertz CT molecular complexity index is 426. The molecule has 1 aliphatic heterocycles. The molecule has 2 amide bonds. The van der Waals surface area contributed by atoms with Crippen molar-refractivity contribution in [2.24, 2.45) is 7.05 Å². The molecule has 0 radical (unpaired) electrons. The first-order valence-electron chi connectivity index (χ1n) is 5.13. The highest BCUT2D eigenvalue weighted by atomic mass is 16.2. The van der Waals surface area contributed by atoms with Crippen LogP contribution in [0.4, 0.5) is 0 Å². The molecule has 16 heavy (non-hydrogen) atoms. The first-order valence-corrected chi connectivity index (χ1v) is 5.13. The third kappa shape index (κ3) is 1.78. The number of nitrogens with one attached hydrogen (secondary N) is 1. The number of imidazole rings is 1. The Hall–Kier alpha value is -1.85. The number of carbonyl (C=O) groups excluding carboxylic acids is 2. The van der Waals surface area contributed by atoms with Gasteiger partial charge in [0.1, 0.15) is 11.9 Å². The second-order valence-electron chi connectivity index (χ2n) is 3.87. The Morgan fingerprint density at radius 2 is 2.31 bits per heavy atom. The van der Waals surface area contributed by atoms with Crippen LogP contribution in [0, 0.1) is 0 Å². The quantitative estimate of drug-likeness (QED) is 0.717. The zero-order valence-electron chi connectivity index (χ0n) is 9.30. The second-order valence-corrected chi connectivity index (χ2v) is 3.87. The molecule has 1 aromatic rings. The van der Waals surface area contributed by atoms with Gasteiger partial charge in [-0.25, -0.2) is 4.98 Å². The number of piperazine rings is 1. The molecule has 0 saturated carbocycles. The maximum atomic E-state index is 11.7. The topological polar surface area (TPSA) is 67.2 Å². The Morgan fingerprint density at radius 3 is 2.94 bits per heavy atom. The maximum Gasteiger partial charge on any atom is 0.243 e. The number of aromatic nitrogens is 2. The van der Waals surface area contributed by atoms with Crippen molar-refractivity contribution in [1.29, 1.82) is 0 Å². The standard InChI is InChI=1S/C10H14N4O2/c1-7-10(16)12-5-9(15)14(7)6-8-11-3-4-13(8)2/h3-4,7H,5-6H2,1-2H3,(H,12,16). The number of rotatable bonds is 2. The van der Waals surface area contributed by atoms with Gasteiger partial charge in [0.25, 0.3) is 0 Å². The van der Waals surface area contributed by atoms with Crippen LogP contribution in [-0.4, -0.2) is 38.9 Å². The van der Waals surface area contributed by atoms with E-state index in [1.54, 1.807) is 18.0 Å². The smallest absolute Gasteiger partial charge is 0.243 e. The van der Waals surface area contributed by atoms with Crippen molar-refractivity contribution in [2.45, 2.75) is 19.5 Å². The summed E-state index contributed by atoms with van der Waals surface area (Å²) < 4.78 is 1.84. The zero-order chi connectivity index (χ0) is 11.7. The fraction of sp³-hybridized carbons (Fsp3) is 0.500. The zero-order valence-corrected chi connectivity index (χ0v) is 9.30. The maximum absolute atomic E-state index is 11.7. The summed E-state index contributed by atoms with van der Waals surface area (Å²) in [7, 11) is 1.86. The van der Waals surface area contributed by atoms with E-state index in [4.69, 9.17) is 0 Å². The highest BCUT2D eigenvalue weighted by Gasteiger charge is 2.31. The monoisotopic (exact) mass is 222 g/mol. The summed E-state index contributed by atoms with van der Waals surface area (Å²) in [6, 6.07) is -0.432. The van der Waals surface area contributed by atoms with E-state index in [1.807, 2.05) is 17.8 Å². The van der Waals surface area contributed by atoms with E-state index >= 15 is 0 Å². The molecule has 2 heterocycles. The van der Waals surface area contributed by atoms with Crippen LogP contribution in [0.25, 0.3) is 0 Å². The number of amides is 2. The molecule has 1 saturated heterocycles. The number of aryl methyl sites for hydroxylation is 1. The molecule has 86 valence electrons. The van der Waals surface area contributed by atoms with Gasteiger partial charge in [-0.15, -0.1) is 0 Å². The van der Waals surface area contributed by atoms with Crippen LogP contribution in [0.5, 0.6) is 0 Å². The molecular formula is C10H14N4O2. The van der Waals surface area contributed by atoms with Gasteiger partial charge < -0.3 is 14.8 Å². The van der Waals surface area contributed by atoms with Crippen LogP contribution in [-0.2, 0) is 23.2 Å². The Labute approximate surface area is 93.3 Å². The van der Waals surface area contributed by atoms with Gasteiger partial charge in [-0.1, -0.05) is 0 Å². The average molecular weight is 222 g/mol. The van der Waals surface area contributed by atoms with Gasteiger partial charge in [0.05, 0.1) is 13.1 Å². The molecule has 6 nitrogen and oxygen atoms in total. The highest BCUT2D eigenvalue weighted by molar-refractivity contribution is 5.94. The lowest BCUT2D eigenvalue weighted by Gasteiger charge is -2.32. The second kappa shape index (κ2) is 3.96. The van der Waals surface area contributed by atoms with Gasteiger partial charge in [0, 0.05) is 19.4 Å². The molecule has 0 spiro atoms. The van der Waals surface area contributed by atoms with Gasteiger partial charge in [0.15, 0.2) is 0 Å². The van der Waals surface area contributed by atoms with Crippen molar-refractivity contribution in [2.75, 3.05) is 6.54 Å².